The summed E-state index contributed by atoms with van der Waals surface area (Å²) in [5.41, 5.74) is 2.56. The number of carbonyl (C=O) groups excluding carboxylic acids is 2. The second-order valence-corrected chi connectivity index (χ2v) is 8.25. The normalized spacial score (nSPS) is 17.3. The van der Waals surface area contributed by atoms with Crippen LogP contribution in [0.5, 0.6) is 5.75 Å². The molecule has 0 spiro atoms. The second-order valence-electron chi connectivity index (χ2n) is 7.84. The van der Waals surface area contributed by atoms with Crippen LogP contribution in [0.25, 0.3) is 5.76 Å². The number of aliphatic hydroxyl groups is 1. The van der Waals surface area contributed by atoms with Gasteiger partial charge in [-0.25, -0.2) is 0 Å². The van der Waals surface area contributed by atoms with E-state index in [0.717, 1.165) is 5.69 Å². The molecule has 4 rings (SSSR count). The van der Waals surface area contributed by atoms with Crippen molar-refractivity contribution in [2.45, 2.75) is 6.04 Å². The van der Waals surface area contributed by atoms with Crippen molar-refractivity contribution in [3.8, 4) is 5.75 Å². The summed E-state index contributed by atoms with van der Waals surface area (Å²) in [6.45, 7) is 0. The van der Waals surface area contributed by atoms with Crippen molar-refractivity contribution in [1.29, 1.82) is 0 Å². The number of halogens is 1. The van der Waals surface area contributed by atoms with E-state index < -0.39 is 17.7 Å². The number of benzene rings is 3. The van der Waals surface area contributed by atoms with E-state index in [0.29, 0.717) is 22.6 Å². The minimum absolute atomic E-state index is 0.00249. The number of amides is 1. The minimum Gasteiger partial charge on any atom is -0.507 e. The van der Waals surface area contributed by atoms with Crippen molar-refractivity contribution in [1.82, 2.24) is 0 Å². The highest BCUT2D eigenvalue weighted by Crippen LogP contribution is 2.43. The molecule has 1 N–H and O–H groups in total. The summed E-state index contributed by atoms with van der Waals surface area (Å²) in [6.07, 6.45) is 0. The van der Waals surface area contributed by atoms with E-state index in [1.807, 2.05) is 49.3 Å². The Morgan fingerprint density at radius 3 is 2.24 bits per heavy atom. The Labute approximate surface area is 197 Å². The van der Waals surface area contributed by atoms with Crippen LogP contribution in [0.3, 0.4) is 0 Å². The van der Waals surface area contributed by atoms with Gasteiger partial charge in [0.05, 0.1) is 23.7 Å². The first-order valence-electron chi connectivity index (χ1n) is 10.3. The Morgan fingerprint density at radius 2 is 1.67 bits per heavy atom. The first-order chi connectivity index (χ1) is 15.8. The van der Waals surface area contributed by atoms with E-state index in [-0.39, 0.29) is 16.4 Å². The van der Waals surface area contributed by atoms with Crippen molar-refractivity contribution >= 4 is 40.4 Å². The van der Waals surface area contributed by atoms with Crippen LogP contribution < -0.4 is 14.5 Å². The third kappa shape index (κ3) is 4.05. The Hall–Kier alpha value is -3.77. The standard InChI is InChI=1S/C26H23ClN2O4/c1-28(2)18-12-9-16(10-13-18)23-22(24(30)17-11-14-21(33-3)20(27)15-17)25(31)26(32)29(23)19-7-5-4-6-8-19/h4-15,23,30H,1-3H3/b24-22-. The molecule has 1 atom stereocenters. The van der Waals surface area contributed by atoms with E-state index in [1.54, 1.807) is 36.4 Å². The van der Waals surface area contributed by atoms with Crippen molar-refractivity contribution in [3.63, 3.8) is 0 Å². The number of para-hydroxylation sites is 1. The first kappa shape index (κ1) is 22.4. The van der Waals surface area contributed by atoms with Gasteiger partial charge in [-0.1, -0.05) is 41.9 Å². The maximum absolute atomic E-state index is 13.2. The smallest absolute Gasteiger partial charge is 0.300 e. The molecule has 1 heterocycles. The molecule has 0 aromatic heterocycles. The average molecular weight is 463 g/mol. The van der Waals surface area contributed by atoms with Gasteiger partial charge in [0.15, 0.2) is 0 Å². The zero-order valence-electron chi connectivity index (χ0n) is 18.4. The Morgan fingerprint density at radius 1 is 1.00 bits per heavy atom. The minimum atomic E-state index is -0.801. The van der Waals surface area contributed by atoms with E-state index in [4.69, 9.17) is 16.3 Å². The molecule has 6 nitrogen and oxygen atoms in total. The molecule has 168 valence electrons. The molecule has 0 saturated carbocycles. The van der Waals surface area contributed by atoms with Crippen LogP contribution in [-0.4, -0.2) is 38.0 Å². The summed E-state index contributed by atoms with van der Waals surface area (Å²) in [7, 11) is 5.35. The number of ether oxygens (including phenoxy) is 1. The average Bonchev–Trinajstić information content (AvgIpc) is 3.09. The summed E-state index contributed by atoms with van der Waals surface area (Å²) in [5.74, 6) is -1.32. The van der Waals surface area contributed by atoms with Gasteiger partial charge in [-0.05, 0) is 48.0 Å². The molecule has 1 fully saturated rings. The molecule has 0 radical (unpaired) electrons. The number of Topliss-reactive ketones (excluding diaryl/α,β-unsaturated/α-hetero) is 1. The zero-order valence-corrected chi connectivity index (χ0v) is 19.2. The number of hydrogen-bond donors (Lipinski definition) is 1. The predicted octanol–water partition coefficient (Wildman–Crippen LogP) is 5.04. The highest BCUT2D eigenvalue weighted by molar-refractivity contribution is 6.51. The van der Waals surface area contributed by atoms with Crippen LogP contribution in [0.4, 0.5) is 11.4 Å². The molecular weight excluding hydrogens is 440 g/mol. The lowest BCUT2D eigenvalue weighted by Gasteiger charge is -2.26. The quantitative estimate of drug-likeness (QED) is 0.327. The number of rotatable bonds is 5. The molecule has 1 saturated heterocycles. The topological polar surface area (TPSA) is 70.1 Å². The Kier molecular flexibility index (Phi) is 6.11. The lowest BCUT2D eigenvalue weighted by atomic mass is 9.95. The van der Waals surface area contributed by atoms with Crippen molar-refractivity contribution in [3.05, 3.63) is 94.5 Å². The van der Waals surface area contributed by atoms with Crippen LogP contribution in [0, 0.1) is 0 Å². The summed E-state index contributed by atoms with van der Waals surface area (Å²) in [4.78, 5) is 29.7. The molecule has 0 aliphatic carbocycles. The molecule has 3 aromatic rings. The fourth-order valence-electron chi connectivity index (χ4n) is 3.93. The summed E-state index contributed by atoms with van der Waals surface area (Å²) < 4.78 is 5.18. The molecule has 1 aliphatic heterocycles. The Balaban J connectivity index is 1.91. The van der Waals surface area contributed by atoms with Gasteiger partial charge in [0.2, 0.25) is 0 Å². The monoisotopic (exact) mass is 462 g/mol. The molecule has 1 unspecified atom stereocenters. The molecule has 3 aromatic carbocycles. The van der Waals surface area contributed by atoms with Gasteiger partial charge in [-0.3, -0.25) is 14.5 Å². The number of carbonyl (C=O) groups is 2. The molecule has 1 aliphatic rings. The fourth-order valence-corrected chi connectivity index (χ4v) is 4.18. The van der Waals surface area contributed by atoms with Crippen molar-refractivity contribution in [2.24, 2.45) is 0 Å². The number of anilines is 2. The number of hydrogen-bond acceptors (Lipinski definition) is 5. The number of nitrogens with zero attached hydrogens (tertiary/aromatic N) is 2. The van der Waals surface area contributed by atoms with Gasteiger partial charge < -0.3 is 14.7 Å². The van der Waals surface area contributed by atoms with Crippen LogP contribution in [-0.2, 0) is 9.59 Å². The highest BCUT2D eigenvalue weighted by Gasteiger charge is 2.46. The van der Waals surface area contributed by atoms with E-state index in [1.165, 1.54) is 18.1 Å². The molecule has 7 heteroatoms. The third-order valence-corrected chi connectivity index (χ3v) is 5.92. The van der Waals surface area contributed by atoms with Gasteiger partial charge in [-0.2, -0.15) is 0 Å². The van der Waals surface area contributed by atoms with Gasteiger partial charge in [0.1, 0.15) is 11.5 Å². The van der Waals surface area contributed by atoms with Crippen molar-refractivity contribution < 1.29 is 19.4 Å². The fraction of sp³-hybridized carbons (Fsp3) is 0.154. The highest BCUT2D eigenvalue weighted by atomic mass is 35.5. The number of methoxy groups -OCH3 is 1. The summed E-state index contributed by atoms with van der Waals surface area (Å²) in [6, 6.07) is 20.4. The maximum atomic E-state index is 13.2. The van der Waals surface area contributed by atoms with Crippen LogP contribution in [0.1, 0.15) is 17.2 Å². The van der Waals surface area contributed by atoms with Gasteiger partial charge in [0, 0.05) is 31.0 Å². The van der Waals surface area contributed by atoms with E-state index in [2.05, 4.69) is 0 Å². The number of aliphatic hydroxyl groups excluding tert-OH is 1. The van der Waals surface area contributed by atoms with Crippen LogP contribution in [0.2, 0.25) is 5.02 Å². The largest absolute Gasteiger partial charge is 0.507 e. The third-order valence-electron chi connectivity index (χ3n) is 5.63. The predicted molar refractivity (Wildman–Crippen MR) is 130 cm³/mol. The summed E-state index contributed by atoms with van der Waals surface area (Å²) in [5, 5.41) is 11.5. The zero-order chi connectivity index (χ0) is 23.7. The number of ketones is 1. The second kappa shape index (κ2) is 9.00. The summed E-state index contributed by atoms with van der Waals surface area (Å²) >= 11 is 6.24. The van der Waals surface area contributed by atoms with Gasteiger partial charge in [-0.15, -0.1) is 0 Å². The lowest BCUT2D eigenvalue weighted by molar-refractivity contribution is -0.132. The molecule has 0 bridgehead atoms. The van der Waals surface area contributed by atoms with Gasteiger partial charge in [0.25, 0.3) is 11.7 Å². The first-order valence-corrected chi connectivity index (χ1v) is 10.7. The maximum Gasteiger partial charge on any atom is 0.300 e. The van der Waals surface area contributed by atoms with E-state index >= 15 is 0 Å². The van der Waals surface area contributed by atoms with Gasteiger partial charge >= 0.3 is 0 Å². The van der Waals surface area contributed by atoms with Crippen LogP contribution >= 0.6 is 11.6 Å². The van der Waals surface area contributed by atoms with Crippen LogP contribution in [0.15, 0.2) is 78.4 Å². The SMILES string of the molecule is COc1ccc(/C(O)=C2/C(=O)C(=O)N(c3ccccc3)C2c2ccc(N(C)C)cc2)cc1Cl. The lowest BCUT2D eigenvalue weighted by Crippen LogP contribution is -2.29. The van der Waals surface area contributed by atoms with E-state index in [9.17, 15) is 14.7 Å². The molecule has 33 heavy (non-hydrogen) atoms. The molecule has 1 amide bonds. The molecular formula is C26H23ClN2O4. The Bertz CT molecular complexity index is 1240. The van der Waals surface area contributed by atoms with Crippen molar-refractivity contribution in [2.75, 3.05) is 31.0 Å².